The second kappa shape index (κ2) is 2.88. The number of para-hydroxylation sites is 1. The van der Waals surface area contributed by atoms with Crippen LogP contribution in [0.15, 0.2) is 34.9 Å². The summed E-state index contributed by atoms with van der Waals surface area (Å²) in [7, 11) is 0. The predicted molar refractivity (Wildman–Crippen MR) is 53.4 cm³/mol. The fourth-order valence-electron chi connectivity index (χ4n) is 1.28. The fraction of sp³-hybridized carbons (Fsp3) is 0. The molecule has 3 nitrogen and oxygen atoms in total. The summed E-state index contributed by atoms with van der Waals surface area (Å²) < 4.78 is 1.74. The van der Waals surface area contributed by atoms with Crippen molar-refractivity contribution in [3.63, 3.8) is 0 Å². The van der Waals surface area contributed by atoms with Crippen LogP contribution in [0.1, 0.15) is 0 Å². The first kappa shape index (κ1) is 8.31. The van der Waals surface area contributed by atoms with Gasteiger partial charge in [-0.3, -0.25) is 5.21 Å². The van der Waals surface area contributed by atoms with Gasteiger partial charge in [-0.25, -0.2) is 0 Å². The second-order valence-electron chi connectivity index (χ2n) is 2.75. The lowest BCUT2D eigenvalue weighted by molar-refractivity contribution is -0.885. The molecule has 0 unspecified atom stereocenters. The van der Waals surface area contributed by atoms with Crippen LogP contribution in [0.2, 0.25) is 0 Å². The number of rotatable bonds is 0. The van der Waals surface area contributed by atoms with Crippen molar-refractivity contribution in [2.45, 2.75) is 0 Å². The van der Waals surface area contributed by atoms with Crippen molar-refractivity contribution in [3.8, 4) is 0 Å². The number of nitrogens with two attached hydrogens (primary N) is 1. The molecule has 0 amide bonds. The monoisotopic (exact) mass is 239 g/mol. The highest BCUT2D eigenvalue weighted by Crippen LogP contribution is 2.25. The average Bonchev–Trinajstić information content (AvgIpc) is 2.15. The number of nitrogens with zero attached hydrogens (tertiary/aromatic N) is 1. The van der Waals surface area contributed by atoms with Gasteiger partial charge in [-0.15, -0.1) is 0 Å². The Balaban J connectivity index is 2.97. The molecule has 0 fully saturated rings. The van der Waals surface area contributed by atoms with Gasteiger partial charge >= 0.3 is 0 Å². The molecular formula is C9H8BrN2O+. The zero-order valence-electron chi connectivity index (χ0n) is 6.74. The van der Waals surface area contributed by atoms with Crippen LogP contribution in [-0.4, -0.2) is 5.21 Å². The molecule has 0 radical (unpaired) electrons. The van der Waals surface area contributed by atoms with Gasteiger partial charge in [0, 0.05) is 10.8 Å². The average molecular weight is 240 g/mol. The SMILES string of the molecule is Nc1c(Br)c[n+](O)c2ccccc12. The van der Waals surface area contributed by atoms with Crippen LogP contribution in [0.4, 0.5) is 5.69 Å². The van der Waals surface area contributed by atoms with Crippen molar-refractivity contribution >= 4 is 32.5 Å². The molecule has 66 valence electrons. The zero-order valence-corrected chi connectivity index (χ0v) is 8.32. The van der Waals surface area contributed by atoms with Gasteiger partial charge in [-0.2, -0.15) is 0 Å². The Kier molecular flexibility index (Phi) is 1.84. The Hall–Kier alpha value is -1.29. The van der Waals surface area contributed by atoms with Crippen LogP contribution in [0.25, 0.3) is 10.9 Å². The van der Waals surface area contributed by atoms with E-state index in [1.54, 1.807) is 6.07 Å². The molecule has 0 atom stereocenters. The Bertz CT molecular complexity index is 470. The lowest BCUT2D eigenvalue weighted by Crippen LogP contribution is -2.30. The minimum atomic E-state index is 0.640. The van der Waals surface area contributed by atoms with E-state index in [1.165, 1.54) is 6.20 Å². The summed E-state index contributed by atoms with van der Waals surface area (Å²) in [6.07, 6.45) is 1.53. The first-order valence-electron chi connectivity index (χ1n) is 3.78. The first-order chi connectivity index (χ1) is 6.20. The Morgan fingerprint density at radius 3 is 2.77 bits per heavy atom. The maximum absolute atomic E-state index is 9.51. The quantitative estimate of drug-likeness (QED) is 0.544. The standard InChI is InChI=1S/C9H7BrN2O/c10-7-5-12(13)8-4-2-1-3-6(8)9(7)11/h1-5,11,13H/p+1. The normalized spacial score (nSPS) is 10.5. The third-order valence-electron chi connectivity index (χ3n) is 1.93. The molecule has 1 aromatic heterocycles. The van der Waals surface area contributed by atoms with E-state index in [0.717, 1.165) is 10.1 Å². The number of pyridine rings is 1. The lowest BCUT2D eigenvalue weighted by Gasteiger charge is -1.99. The number of hydrogen-bond donors (Lipinski definition) is 2. The summed E-state index contributed by atoms with van der Waals surface area (Å²) in [5, 5.41) is 10.3. The highest BCUT2D eigenvalue weighted by molar-refractivity contribution is 9.10. The van der Waals surface area contributed by atoms with Gasteiger partial charge in [0.15, 0.2) is 0 Å². The number of fused-ring (bicyclic) bond motifs is 1. The largest absolute Gasteiger partial charge is 0.397 e. The van der Waals surface area contributed by atoms with E-state index >= 15 is 0 Å². The molecule has 2 aromatic rings. The van der Waals surface area contributed by atoms with E-state index in [9.17, 15) is 5.21 Å². The van der Waals surface area contributed by atoms with E-state index in [1.807, 2.05) is 18.2 Å². The lowest BCUT2D eigenvalue weighted by atomic mass is 10.2. The number of benzene rings is 1. The molecule has 0 aliphatic heterocycles. The molecule has 0 bridgehead atoms. The third kappa shape index (κ3) is 1.23. The molecule has 0 saturated heterocycles. The predicted octanol–water partition coefficient (Wildman–Crippen LogP) is 1.71. The summed E-state index contributed by atoms with van der Waals surface area (Å²) in [6, 6.07) is 7.40. The van der Waals surface area contributed by atoms with Crippen molar-refractivity contribution in [2.75, 3.05) is 5.73 Å². The number of nitrogen functional groups attached to an aromatic ring is 1. The van der Waals surface area contributed by atoms with Gasteiger partial charge in [0.05, 0.1) is 11.1 Å². The number of hydrogen-bond acceptors (Lipinski definition) is 2. The van der Waals surface area contributed by atoms with Gasteiger partial charge < -0.3 is 5.73 Å². The molecule has 2 rings (SSSR count). The van der Waals surface area contributed by atoms with Crippen molar-refractivity contribution < 1.29 is 9.94 Å². The highest BCUT2D eigenvalue weighted by Gasteiger charge is 2.13. The van der Waals surface area contributed by atoms with E-state index in [2.05, 4.69) is 15.9 Å². The van der Waals surface area contributed by atoms with Crippen molar-refractivity contribution in [1.29, 1.82) is 0 Å². The van der Waals surface area contributed by atoms with Crippen LogP contribution in [-0.2, 0) is 0 Å². The van der Waals surface area contributed by atoms with E-state index in [4.69, 9.17) is 5.73 Å². The number of anilines is 1. The van der Waals surface area contributed by atoms with Crippen LogP contribution < -0.4 is 10.5 Å². The Labute approximate surface area is 83.5 Å². The molecule has 3 N–H and O–H groups in total. The van der Waals surface area contributed by atoms with E-state index < -0.39 is 0 Å². The van der Waals surface area contributed by atoms with E-state index in [0.29, 0.717) is 15.7 Å². The van der Waals surface area contributed by atoms with Crippen LogP contribution in [0.3, 0.4) is 0 Å². The molecule has 1 heterocycles. The van der Waals surface area contributed by atoms with Crippen LogP contribution in [0, 0.1) is 0 Å². The molecule has 0 aliphatic rings. The van der Waals surface area contributed by atoms with Crippen molar-refractivity contribution in [3.05, 3.63) is 34.9 Å². The molecular weight excluding hydrogens is 232 g/mol. The molecule has 0 spiro atoms. The summed E-state index contributed by atoms with van der Waals surface area (Å²) in [6.45, 7) is 0. The summed E-state index contributed by atoms with van der Waals surface area (Å²) in [5.74, 6) is 0. The summed E-state index contributed by atoms with van der Waals surface area (Å²) >= 11 is 3.26. The van der Waals surface area contributed by atoms with E-state index in [-0.39, 0.29) is 0 Å². The molecule has 1 aromatic carbocycles. The molecule has 0 aliphatic carbocycles. The van der Waals surface area contributed by atoms with Crippen molar-refractivity contribution in [2.24, 2.45) is 0 Å². The maximum atomic E-state index is 9.51. The van der Waals surface area contributed by atoms with Crippen molar-refractivity contribution in [1.82, 2.24) is 0 Å². The Morgan fingerprint density at radius 1 is 1.31 bits per heavy atom. The molecule has 4 heteroatoms. The topological polar surface area (TPSA) is 50.1 Å². The van der Waals surface area contributed by atoms with Gasteiger partial charge in [-0.05, 0) is 22.0 Å². The van der Waals surface area contributed by atoms with Crippen LogP contribution in [0.5, 0.6) is 0 Å². The number of aromatic nitrogens is 1. The molecule has 13 heavy (non-hydrogen) atoms. The number of halogens is 1. The van der Waals surface area contributed by atoms with Crippen LogP contribution >= 0.6 is 15.9 Å². The third-order valence-corrected chi connectivity index (χ3v) is 2.57. The summed E-state index contributed by atoms with van der Waals surface area (Å²) in [4.78, 5) is 0. The second-order valence-corrected chi connectivity index (χ2v) is 3.61. The van der Waals surface area contributed by atoms with Gasteiger partial charge in [0.25, 0.3) is 5.52 Å². The molecule has 0 saturated carbocycles. The first-order valence-corrected chi connectivity index (χ1v) is 4.57. The van der Waals surface area contributed by atoms with Gasteiger partial charge in [0.1, 0.15) is 4.47 Å². The maximum Gasteiger partial charge on any atom is 0.266 e. The van der Waals surface area contributed by atoms with Gasteiger partial charge in [-0.1, -0.05) is 12.1 Å². The Morgan fingerprint density at radius 2 is 2.00 bits per heavy atom. The minimum absolute atomic E-state index is 0.640. The minimum Gasteiger partial charge on any atom is -0.397 e. The zero-order chi connectivity index (χ0) is 9.42. The van der Waals surface area contributed by atoms with Gasteiger partial charge in [0.2, 0.25) is 6.20 Å². The smallest absolute Gasteiger partial charge is 0.266 e. The fourth-order valence-corrected chi connectivity index (χ4v) is 1.68. The highest BCUT2D eigenvalue weighted by atomic mass is 79.9. The summed E-state index contributed by atoms with van der Waals surface area (Å²) in [5.41, 5.74) is 7.15.